The largest absolute Gasteiger partial charge is 0.494 e. The van der Waals surface area contributed by atoms with Crippen LogP contribution in [0.3, 0.4) is 0 Å². The van der Waals surface area contributed by atoms with E-state index in [1.54, 1.807) is 0 Å². The number of rotatable bonds is 7. The molecule has 10 heteroatoms. The second-order valence-electron chi connectivity index (χ2n) is 4.75. The first kappa shape index (κ1) is 17.7. The van der Waals surface area contributed by atoms with Gasteiger partial charge in [0.25, 0.3) is 5.69 Å². The molecule has 0 saturated carbocycles. The Morgan fingerprint density at radius 2 is 2.21 bits per heavy atom. The Bertz CT molecular complexity index is 762. The number of nitrogens with one attached hydrogen (secondary N) is 1. The smallest absolute Gasteiger partial charge is 0.273 e. The van der Waals surface area contributed by atoms with Gasteiger partial charge in [0.2, 0.25) is 5.91 Å². The summed E-state index contributed by atoms with van der Waals surface area (Å²) in [6.07, 6.45) is 0. The van der Waals surface area contributed by atoms with Crippen molar-refractivity contribution in [3.05, 3.63) is 34.1 Å². The fourth-order valence-electron chi connectivity index (χ4n) is 2.05. The third-order valence-corrected chi connectivity index (χ3v) is 4.19. The van der Waals surface area contributed by atoms with Crippen molar-refractivity contribution < 1.29 is 14.5 Å². The summed E-state index contributed by atoms with van der Waals surface area (Å²) in [5.74, 6) is 0.890. The maximum atomic E-state index is 12.1. The number of aryl methyl sites for hydroxylation is 1. The highest BCUT2D eigenvalue weighted by Gasteiger charge is 2.15. The average molecular weight is 351 g/mol. The normalized spacial score (nSPS) is 10.5. The molecule has 1 aromatic heterocycles. The summed E-state index contributed by atoms with van der Waals surface area (Å²) in [6.45, 7) is 4.55. The first-order chi connectivity index (χ1) is 11.5. The van der Waals surface area contributed by atoms with Gasteiger partial charge in [0.05, 0.1) is 29.5 Å². The number of non-ortho nitro benzene ring substituents is 1. The van der Waals surface area contributed by atoms with E-state index in [0.29, 0.717) is 10.8 Å². The summed E-state index contributed by atoms with van der Waals surface area (Å²) in [4.78, 5) is 22.3. The number of amides is 1. The van der Waals surface area contributed by atoms with Gasteiger partial charge in [0.1, 0.15) is 11.6 Å². The van der Waals surface area contributed by atoms with Gasteiger partial charge in [-0.05, 0) is 19.9 Å². The van der Waals surface area contributed by atoms with Gasteiger partial charge < -0.3 is 14.6 Å². The molecule has 0 atom stereocenters. The zero-order valence-corrected chi connectivity index (χ0v) is 14.3. The van der Waals surface area contributed by atoms with Crippen LogP contribution in [0.5, 0.6) is 5.75 Å². The Hall–Kier alpha value is -2.62. The molecule has 0 bridgehead atoms. The van der Waals surface area contributed by atoms with Crippen LogP contribution in [0.1, 0.15) is 12.7 Å². The lowest BCUT2D eigenvalue weighted by Crippen LogP contribution is -2.15. The summed E-state index contributed by atoms with van der Waals surface area (Å²) >= 11 is 1.27. The summed E-state index contributed by atoms with van der Waals surface area (Å²) in [5.41, 5.74) is 0.271. The molecule has 0 radical (unpaired) electrons. The van der Waals surface area contributed by atoms with Crippen molar-refractivity contribution in [1.29, 1.82) is 0 Å². The number of methoxy groups -OCH3 is 1. The van der Waals surface area contributed by atoms with Gasteiger partial charge in [-0.15, -0.1) is 10.2 Å². The number of carbonyl (C=O) groups is 1. The quantitative estimate of drug-likeness (QED) is 0.462. The van der Waals surface area contributed by atoms with Crippen molar-refractivity contribution in [3.8, 4) is 5.75 Å². The Balaban J connectivity index is 2.03. The molecule has 0 aliphatic heterocycles. The minimum absolute atomic E-state index is 0.106. The molecular formula is C14H17N5O4S. The molecule has 24 heavy (non-hydrogen) atoms. The number of hydrogen-bond acceptors (Lipinski definition) is 7. The molecule has 0 unspecified atom stereocenters. The van der Waals surface area contributed by atoms with Crippen LogP contribution in [0.4, 0.5) is 11.4 Å². The highest BCUT2D eigenvalue weighted by Crippen LogP contribution is 2.29. The van der Waals surface area contributed by atoms with Crippen molar-refractivity contribution in [2.24, 2.45) is 0 Å². The molecular weight excluding hydrogens is 334 g/mol. The molecule has 1 N–H and O–H groups in total. The molecule has 0 spiro atoms. The van der Waals surface area contributed by atoms with Gasteiger partial charge in [-0.25, -0.2) is 0 Å². The lowest BCUT2D eigenvalue weighted by atomic mass is 10.2. The predicted octanol–water partition coefficient (Wildman–Crippen LogP) is 2.25. The lowest BCUT2D eigenvalue weighted by molar-refractivity contribution is -0.384. The van der Waals surface area contributed by atoms with Crippen LogP contribution in [0.15, 0.2) is 23.4 Å². The van der Waals surface area contributed by atoms with E-state index in [0.717, 1.165) is 12.4 Å². The molecule has 2 rings (SSSR count). The molecule has 0 aliphatic rings. The SMILES string of the molecule is CCn1c(C)nnc1SCC(=O)Nc1ccc([N+](=O)[O-])cc1OC. The number of thioether (sulfide) groups is 1. The van der Waals surface area contributed by atoms with Crippen molar-refractivity contribution in [2.45, 2.75) is 25.5 Å². The minimum atomic E-state index is -0.524. The molecule has 9 nitrogen and oxygen atoms in total. The third-order valence-electron chi connectivity index (χ3n) is 3.22. The lowest BCUT2D eigenvalue weighted by Gasteiger charge is -2.10. The van der Waals surface area contributed by atoms with Gasteiger partial charge in [-0.2, -0.15) is 0 Å². The highest BCUT2D eigenvalue weighted by atomic mass is 32.2. The van der Waals surface area contributed by atoms with Crippen LogP contribution in [0.25, 0.3) is 0 Å². The Morgan fingerprint density at radius 1 is 1.46 bits per heavy atom. The monoisotopic (exact) mass is 351 g/mol. The van der Waals surface area contributed by atoms with E-state index in [9.17, 15) is 14.9 Å². The van der Waals surface area contributed by atoms with Gasteiger partial charge in [0, 0.05) is 12.6 Å². The Kier molecular flexibility index (Phi) is 5.74. The zero-order chi connectivity index (χ0) is 17.7. The number of hydrogen-bond donors (Lipinski definition) is 1. The van der Waals surface area contributed by atoms with Crippen LogP contribution in [0, 0.1) is 17.0 Å². The maximum absolute atomic E-state index is 12.1. The van der Waals surface area contributed by atoms with Gasteiger partial charge in [-0.3, -0.25) is 14.9 Å². The van der Waals surface area contributed by atoms with E-state index < -0.39 is 4.92 Å². The molecule has 2 aromatic rings. The fourth-order valence-corrected chi connectivity index (χ4v) is 2.89. The van der Waals surface area contributed by atoms with E-state index in [1.807, 2.05) is 18.4 Å². The van der Waals surface area contributed by atoms with Crippen molar-refractivity contribution in [3.63, 3.8) is 0 Å². The van der Waals surface area contributed by atoms with Crippen molar-refractivity contribution in [2.75, 3.05) is 18.2 Å². The topological polar surface area (TPSA) is 112 Å². The van der Waals surface area contributed by atoms with Crippen molar-refractivity contribution >= 4 is 29.0 Å². The van der Waals surface area contributed by atoms with Crippen LogP contribution in [-0.2, 0) is 11.3 Å². The maximum Gasteiger partial charge on any atom is 0.273 e. The number of carbonyl (C=O) groups excluding carboxylic acids is 1. The van der Waals surface area contributed by atoms with Crippen LogP contribution in [-0.4, -0.2) is 38.5 Å². The number of benzene rings is 1. The van der Waals surface area contributed by atoms with E-state index in [1.165, 1.54) is 37.1 Å². The molecule has 0 aliphatic carbocycles. The van der Waals surface area contributed by atoms with Gasteiger partial charge >= 0.3 is 0 Å². The molecule has 1 heterocycles. The Morgan fingerprint density at radius 3 is 2.83 bits per heavy atom. The van der Waals surface area contributed by atoms with Crippen LogP contribution in [0.2, 0.25) is 0 Å². The molecule has 0 fully saturated rings. The molecule has 1 amide bonds. The van der Waals surface area contributed by atoms with Crippen LogP contribution >= 0.6 is 11.8 Å². The first-order valence-electron chi connectivity index (χ1n) is 7.11. The second-order valence-corrected chi connectivity index (χ2v) is 5.70. The number of nitro groups is 1. The minimum Gasteiger partial charge on any atom is -0.494 e. The summed E-state index contributed by atoms with van der Waals surface area (Å²) in [7, 11) is 1.38. The summed E-state index contributed by atoms with van der Waals surface area (Å²) in [5, 5.41) is 22.1. The number of nitro benzene ring substituents is 1. The number of aromatic nitrogens is 3. The van der Waals surface area contributed by atoms with E-state index in [4.69, 9.17) is 4.74 Å². The fraction of sp³-hybridized carbons (Fsp3) is 0.357. The molecule has 0 saturated heterocycles. The van der Waals surface area contributed by atoms with Crippen LogP contribution < -0.4 is 10.1 Å². The highest BCUT2D eigenvalue weighted by molar-refractivity contribution is 7.99. The van der Waals surface area contributed by atoms with Gasteiger partial charge in [-0.1, -0.05) is 11.8 Å². The predicted molar refractivity (Wildman–Crippen MR) is 89.4 cm³/mol. The average Bonchev–Trinajstić information content (AvgIpc) is 2.92. The van der Waals surface area contributed by atoms with Gasteiger partial charge in [0.15, 0.2) is 5.16 Å². The second kappa shape index (κ2) is 7.77. The zero-order valence-electron chi connectivity index (χ0n) is 13.5. The summed E-state index contributed by atoms with van der Waals surface area (Å²) < 4.78 is 6.99. The molecule has 128 valence electrons. The third kappa shape index (κ3) is 4.02. The number of anilines is 1. The molecule has 1 aromatic carbocycles. The van der Waals surface area contributed by atoms with E-state index in [-0.39, 0.29) is 23.1 Å². The van der Waals surface area contributed by atoms with E-state index >= 15 is 0 Å². The standard InChI is InChI=1S/C14H17N5O4S/c1-4-18-9(2)16-17-14(18)24-8-13(20)15-11-6-5-10(19(21)22)7-12(11)23-3/h5-7H,4,8H2,1-3H3,(H,15,20). The number of ether oxygens (including phenoxy) is 1. The Labute approximate surface area is 142 Å². The summed E-state index contributed by atoms with van der Waals surface area (Å²) in [6, 6.07) is 4.01. The van der Waals surface area contributed by atoms with Crippen molar-refractivity contribution in [1.82, 2.24) is 14.8 Å². The first-order valence-corrected chi connectivity index (χ1v) is 8.09. The number of nitrogens with zero attached hydrogens (tertiary/aromatic N) is 4. The van der Waals surface area contributed by atoms with E-state index in [2.05, 4.69) is 15.5 Å².